The fraction of sp³-hybridized carbons (Fsp3) is 0.455. The van der Waals surface area contributed by atoms with E-state index in [1.807, 2.05) is 112 Å². The second kappa shape index (κ2) is 22.8. The number of pyridine rings is 1. The van der Waals surface area contributed by atoms with E-state index in [9.17, 15) is 14.3 Å². The normalized spacial score (nSPS) is 15.9. The molecule has 1 amide bonds. The van der Waals surface area contributed by atoms with Gasteiger partial charge in [0.25, 0.3) is 0 Å². The number of rotatable bonds is 10. The summed E-state index contributed by atoms with van der Waals surface area (Å²) in [4.78, 5) is 17.4. The maximum absolute atomic E-state index is 14.2. The van der Waals surface area contributed by atoms with E-state index >= 15 is 0 Å². The van der Waals surface area contributed by atoms with Gasteiger partial charge in [-0.2, -0.15) is 0 Å². The second-order valence-corrected chi connectivity index (χ2v) is 12.4. The van der Waals surface area contributed by atoms with Gasteiger partial charge in [-0.3, -0.25) is 15.1 Å². The predicted octanol–water partition coefficient (Wildman–Crippen LogP) is 11.7. The molecule has 1 aromatic heterocycles. The Morgan fingerprint density at radius 2 is 1.57 bits per heavy atom. The van der Waals surface area contributed by atoms with Crippen molar-refractivity contribution in [3.63, 3.8) is 0 Å². The van der Waals surface area contributed by atoms with Crippen LogP contribution in [0.15, 0.2) is 85.2 Å². The molecule has 4 unspecified atom stereocenters. The van der Waals surface area contributed by atoms with Crippen LogP contribution in [0.25, 0.3) is 11.1 Å². The van der Waals surface area contributed by atoms with Crippen LogP contribution >= 0.6 is 0 Å². The van der Waals surface area contributed by atoms with Crippen LogP contribution in [0.3, 0.4) is 0 Å². The van der Waals surface area contributed by atoms with Gasteiger partial charge >= 0.3 is 0 Å². The van der Waals surface area contributed by atoms with Crippen molar-refractivity contribution in [2.75, 3.05) is 11.9 Å². The van der Waals surface area contributed by atoms with Gasteiger partial charge in [-0.25, -0.2) is 4.39 Å². The van der Waals surface area contributed by atoms with Gasteiger partial charge in [0.05, 0.1) is 0 Å². The molecule has 0 spiro atoms. The van der Waals surface area contributed by atoms with Crippen molar-refractivity contribution in [1.29, 1.82) is 0 Å². The smallest absolute Gasteiger partial charge is 0.227 e. The topological polar surface area (TPSA) is 109 Å². The van der Waals surface area contributed by atoms with Gasteiger partial charge in [0.2, 0.25) is 5.91 Å². The van der Waals surface area contributed by atoms with Crippen molar-refractivity contribution in [2.45, 2.75) is 114 Å². The fourth-order valence-electron chi connectivity index (χ4n) is 6.07. The number of carbonyl (C=O) groups is 1. The minimum absolute atomic E-state index is 0. The molecule has 1 aliphatic carbocycles. The van der Waals surface area contributed by atoms with Gasteiger partial charge in [0, 0.05) is 44.4 Å². The number of aromatic nitrogens is 1. The first-order valence-corrected chi connectivity index (χ1v) is 18.6. The maximum atomic E-state index is 14.2. The Bertz CT molecular complexity index is 1590. The molecule has 0 bridgehead atoms. The highest BCUT2D eigenvalue weighted by molar-refractivity contribution is 5.92. The Morgan fingerprint density at radius 3 is 2.16 bits per heavy atom. The van der Waals surface area contributed by atoms with Gasteiger partial charge in [0.15, 0.2) is 0 Å². The van der Waals surface area contributed by atoms with Crippen LogP contribution in [-0.4, -0.2) is 22.5 Å². The van der Waals surface area contributed by atoms with E-state index in [4.69, 9.17) is 0 Å². The van der Waals surface area contributed by atoms with Crippen LogP contribution in [-0.2, 0) is 28.8 Å². The Morgan fingerprint density at radius 1 is 0.941 bits per heavy atom. The van der Waals surface area contributed by atoms with Crippen LogP contribution in [0.5, 0.6) is 0 Å². The minimum Gasteiger partial charge on any atom is -0.372 e. The lowest BCUT2D eigenvalue weighted by molar-refractivity contribution is -0.120. The number of fused-ring (bicyclic) bond motifs is 1. The van der Waals surface area contributed by atoms with Crippen LogP contribution < -0.4 is 16.8 Å². The van der Waals surface area contributed by atoms with Crippen LogP contribution in [0.4, 0.5) is 10.1 Å². The highest BCUT2D eigenvalue weighted by Crippen LogP contribution is 2.44. The van der Waals surface area contributed by atoms with Crippen molar-refractivity contribution in [3.8, 4) is 11.1 Å². The number of hydrogen-bond donors (Lipinski definition) is 4. The van der Waals surface area contributed by atoms with Crippen molar-refractivity contribution < 1.29 is 17.1 Å². The van der Waals surface area contributed by atoms with Crippen LogP contribution in [0.1, 0.15) is 114 Å². The Balaban J connectivity index is -0.00000213. The van der Waals surface area contributed by atoms with E-state index in [0.29, 0.717) is 24.2 Å². The molecule has 0 saturated carbocycles. The summed E-state index contributed by atoms with van der Waals surface area (Å²) in [5.41, 5.74) is 5.93. The number of amides is 1. The Hall–Kier alpha value is -3.91. The summed E-state index contributed by atoms with van der Waals surface area (Å²) < 4.78 is 14.2. The summed E-state index contributed by atoms with van der Waals surface area (Å²) in [5, 5.41) is 17.7. The second-order valence-electron chi connectivity index (χ2n) is 12.4. The minimum atomic E-state index is -1.33. The van der Waals surface area contributed by atoms with E-state index in [0.717, 1.165) is 34.2 Å². The Labute approximate surface area is 312 Å². The molecule has 0 aliphatic heterocycles. The van der Waals surface area contributed by atoms with E-state index in [1.54, 1.807) is 19.2 Å². The average Bonchev–Trinajstić information content (AvgIpc) is 3.15. The molecule has 5 rings (SSSR count). The first kappa shape index (κ1) is 47.1. The number of anilines is 1. The number of aliphatic hydroxyl groups is 1. The highest BCUT2D eigenvalue weighted by atomic mass is 19.1. The molecule has 6 N–H and O–H groups in total. The molecule has 51 heavy (non-hydrogen) atoms. The number of halogens is 1. The third kappa shape index (κ3) is 12.4. The fourth-order valence-corrected chi connectivity index (χ4v) is 6.07. The van der Waals surface area contributed by atoms with Gasteiger partial charge in [0.1, 0.15) is 11.5 Å². The molecular weight excluding hydrogens is 636 g/mol. The molecule has 286 valence electrons. The molecular formula is C44H71FN4O2. The lowest BCUT2D eigenvalue weighted by atomic mass is 9.63. The molecule has 1 heterocycles. The number of nitrogens with one attached hydrogen (secondary N) is 2. The SMILES string of the molecule is CC.CC.CC.CC.Cc1ccc(F)c2c1C(C)(CNC(C)(O)c1cccc(NC(=O)C(C)C(C)Cc3ccc(-c4cccnc4)cc3)c1)C2.N.[HH].[HH]. The zero-order valence-electron chi connectivity index (χ0n) is 33.7. The summed E-state index contributed by atoms with van der Waals surface area (Å²) in [6.45, 7) is 26.3. The summed E-state index contributed by atoms with van der Waals surface area (Å²) in [6, 6.07) is 23.0. The van der Waals surface area contributed by atoms with Crippen molar-refractivity contribution in [3.05, 3.63) is 119 Å². The predicted molar refractivity (Wildman–Crippen MR) is 221 cm³/mol. The summed E-state index contributed by atoms with van der Waals surface area (Å²) in [5.74, 6) is -0.310. The first-order chi connectivity index (χ1) is 24.0. The van der Waals surface area contributed by atoms with E-state index in [2.05, 4.69) is 53.7 Å². The summed E-state index contributed by atoms with van der Waals surface area (Å²) in [7, 11) is 0. The lowest BCUT2D eigenvalue weighted by Crippen LogP contribution is -2.51. The quantitative estimate of drug-likeness (QED) is 0.123. The van der Waals surface area contributed by atoms with Gasteiger partial charge in [-0.15, -0.1) is 0 Å². The number of benzene rings is 3. The van der Waals surface area contributed by atoms with Crippen molar-refractivity contribution in [1.82, 2.24) is 16.5 Å². The average molecular weight is 707 g/mol. The number of nitrogens with zero attached hydrogens (tertiary/aromatic N) is 1. The third-order valence-corrected chi connectivity index (χ3v) is 8.92. The van der Waals surface area contributed by atoms with Crippen LogP contribution in [0.2, 0.25) is 0 Å². The van der Waals surface area contributed by atoms with Gasteiger partial charge < -0.3 is 16.6 Å². The van der Waals surface area contributed by atoms with Crippen LogP contribution in [0, 0.1) is 24.6 Å². The molecule has 4 atom stereocenters. The van der Waals surface area contributed by atoms with Gasteiger partial charge in [-0.1, -0.05) is 125 Å². The molecule has 0 fully saturated rings. The third-order valence-electron chi connectivity index (χ3n) is 8.92. The largest absolute Gasteiger partial charge is 0.372 e. The number of hydrogen-bond acceptors (Lipinski definition) is 5. The number of aryl methyl sites for hydroxylation is 1. The summed E-state index contributed by atoms with van der Waals surface area (Å²) in [6.07, 6.45) is 5.03. The monoisotopic (exact) mass is 707 g/mol. The highest BCUT2D eigenvalue weighted by Gasteiger charge is 2.42. The van der Waals surface area contributed by atoms with E-state index in [-0.39, 0.29) is 38.0 Å². The first-order valence-electron chi connectivity index (χ1n) is 18.6. The van der Waals surface area contributed by atoms with Crippen molar-refractivity contribution >= 4 is 11.6 Å². The molecule has 0 radical (unpaired) electrons. The molecule has 3 aromatic carbocycles. The van der Waals surface area contributed by atoms with Crippen molar-refractivity contribution in [2.24, 2.45) is 11.8 Å². The maximum Gasteiger partial charge on any atom is 0.227 e. The number of carbonyl (C=O) groups excluding carboxylic acids is 1. The van der Waals surface area contributed by atoms with Gasteiger partial charge in [-0.05, 0) is 90.3 Å². The molecule has 4 aromatic rings. The standard InChI is InChI=1S/C36H40FN3O2.4C2H6.H3N.2H2/c1-23-11-16-32(37)31-20-35(4,33(23)31)22-39-36(5,42)29-9-6-10-30(19-29)40-34(41)25(3)24(2)18-26-12-14-27(15-13-26)28-8-7-17-38-21-28;4*1-2;;;/h6-17,19,21,24-25,39,42H,18,20,22H2,1-5H3,(H,40,41);4*1-2H3;1H3;2*1H. The molecule has 0 saturated heterocycles. The molecule has 1 aliphatic rings. The van der Waals surface area contributed by atoms with E-state index < -0.39 is 5.72 Å². The summed E-state index contributed by atoms with van der Waals surface area (Å²) >= 11 is 0. The Kier molecular flexibility index (Phi) is 21.1. The van der Waals surface area contributed by atoms with E-state index in [1.165, 1.54) is 11.6 Å². The zero-order valence-corrected chi connectivity index (χ0v) is 33.7. The molecule has 7 heteroatoms. The lowest BCUT2D eigenvalue weighted by Gasteiger charge is -2.44. The zero-order chi connectivity index (χ0) is 38.1. The molecule has 6 nitrogen and oxygen atoms in total.